The van der Waals surface area contributed by atoms with E-state index in [1.807, 2.05) is 12.1 Å². The van der Waals surface area contributed by atoms with E-state index in [0.717, 1.165) is 33.6 Å². The van der Waals surface area contributed by atoms with Crippen molar-refractivity contribution in [2.75, 3.05) is 0 Å². The molecule has 0 amide bonds. The van der Waals surface area contributed by atoms with Gasteiger partial charge in [0.25, 0.3) is 0 Å². The number of aromatic nitrogens is 2. The molecular weight excluding hydrogens is 653 g/mol. The second kappa shape index (κ2) is 14.8. The van der Waals surface area contributed by atoms with Crippen molar-refractivity contribution in [1.82, 2.24) is 9.97 Å². The maximum Gasteiger partial charge on any atom is 0.160 e. The average Bonchev–Trinajstić information content (AvgIpc) is 3.27. The van der Waals surface area contributed by atoms with E-state index < -0.39 is 0 Å². The van der Waals surface area contributed by atoms with Crippen molar-refractivity contribution in [2.45, 2.75) is 0 Å². The Balaban J connectivity index is 1.11. The molecule has 8 aromatic carbocycles. The first kappa shape index (κ1) is 32.7. The maximum atomic E-state index is 5.17. The Morgan fingerprint density at radius 3 is 0.981 bits per heavy atom. The molecule has 1 heterocycles. The summed E-state index contributed by atoms with van der Waals surface area (Å²) in [6, 6.07) is 77.0. The van der Waals surface area contributed by atoms with Crippen molar-refractivity contribution in [2.24, 2.45) is 0 Å². The summed E-state index contributed by atoms with van der Waals surface area (Å²) in [6.45, 7) is 0. The fourth-order valence-corrected chi connectivity index (χ4v) is 7.06. The van der Waals surface area contributed by atoms with E-state index in [1.165, 1.54) is 50.1 Å². The molecule has 0 N–H and O–H groups in total. The maximum absolute atomic E-state index is 5.17. The third-order valence-corrected chi connectivity index (χ3v) is 9.97. The van der Waals surface area contributed by atoms with Crippen molar-refractivity contribution in [3.63, 3.8) is 0 Å². The molecule has 0 spiro atoms. The minimum absolute atomic E-state index is 0.691. The van der Waals surface area contributed by atoms with Crippen molar-refractivity contribution in [1.29, 1.82) is 0 Å². The first-order valence-corrected chi connectivity index (χ1v) is 18.3. The van der Waals surface area contributed by atoms with Gasteiger partial charge < -0.3 is 0 Å². The van der Waals surface area contributed by atoms with Gasteiger partial charge in [0.2, 0.25) is 0 Å². The van der Waals surface area contributed by atoms with Gasteiger partial charge in [-0.25, -0.2) is 9.97 Å². The summed E-state index contributed by atoms with van der Waals surface area (Å²) < 4.78 is 0. The standard InChI is InChI=1S/C52H36N2/c1-5-13-37(14-6-1)40-21-27-44(28-22-40)50-36-51(45-29-23-41(24-30-45)38-15-7-2-8-16-38)54-52(53-50)46-31-25-43(26-32-46)48-34-33-47(39-17-9-3-10-18-39)35-49(48)42-19-11-4-12-20-42/h1-36H. The van der Waals surface area contributed by atoms with E-state index in [9.17, 15) is 0 Å². The summed E-state index contributed by atoms with van der Waals surface area (Å²) >= 11 is 0. The van der Waals surface area contributed by atoms with Crippen LogP contribution in [0.3, 0.4) is 0 Å². The quantitative estimate of drug-likeness (QED) is 0.159. The van der Waals surface area contributed by atoms with E-state index in [1.54, 1.807) is 0 Å². The van der Waals surface area contributed by atoms with Gasteiger partial charge in [0.15, 0.2) is 5.82 Å². The molecule has 2 heteroatoms. The Morgan fingerprint density at radius 1 is 0.204 bits per heavy atom. The van der Waals surface area contributed by atoms with Crippen LogP contribution in [0.25, 0.3) is 89.5 Å². The Hall–Kier alpha value is -7.16. The monoisotopic (exact) mass is 688 g/mol. The molecular formula is C52H36N2. The molecule has 0 radical (unpaired) electrons. The van der Waals surface area contributed by atoms with E-state index >= 15 is 0 Å². The van der Waals surface area contributed by atoms with Gasteiger partial charge in [-0.05, 0) is 67.8 Å². The largest absolute Gasteiger partial charge is 0.228 e. The zero-order chi connectivity index (χ0) is 36.1. The molecule has 254 valence electrons. The van der Waals surface area contributed by atoms with Gasteiger partial charge in [-0.1, -0.05) is 206 Å². The Morgan fingerprint density at radius 2 is 0.519 bits per heavy atom. The third-order valence-electron chi connectivity index (χ3n) is 9.97. The van der Waals surface area contributed by atoms with E-state index in [0.29, 0.717) is 5.82 Å². The molecule has 0 unspecified atom stereocenters. The molecule has 0 aliphatic rings. The third kappa shape index (κ3) is 6.89. The fraction of sp³-hybridized carbons (Fsp3) is 0. The van der Waals surface area contributed by atoms with Crippen LogP contribution in [0.1, 0.15) is 0 Å². The summed E-state index contributed by atoms with van der Waals surface area (Å²) in [5.41, 5.74) is 16.7. The number of rotatable bonds is 8. The van der Waals surface area contributed by atoms with Crippen molar-refractivity contribution in [3.05, 3.63) is 218 Å². The molecule has 0 bridgehead atoms. The van der Waals surface area contributed by atoms with E-state index in [4.69, 9.17) is 9.97 Å². The zero-order valence-corrected chi connectivity index (χ0v) is 29.7. The molecule has 2 nitrogen and oxygen atoms in total. The molecule has 0 atom stereocenters. The molecule has 0 aliphatic heterocycles. The van der Waals surface area contributed by atoms with Gasteiger partial charge in [-0.3, -0.25) is 0 Å². The number of hydrogen-bond acceptors (Lipinski definition) is 2. The SMILES string of the molecule is c1ccc(-c2ccc(-c3cc(-c4ccc(-c5ccccc5)cc4)nc(-c4ccc(-c5ccc(-c6ccccc6)cc5-c5ccccc5)cc4)n3)cc2)cc1. The van der Waals surface area contributed by atoms with Crippen LogP contribution < -0.4 is 0 Å². The predicted octanol–water partition coefficient (Wildman–Crippen LogP) is 13.8. The van der Waals surface area contributed by atoms with Crippen LogP contribution in [0.2, 0.25) is 0 Å². The summed E-state index contributed by atoms with van der Waals surface area (Å²) in [5.74, 6) is 0.691. The molecule has 0 aliphatic carbocycles. The normalized spacial score (nSPS) is 11.0. The average molecular weight is 689 g/mol. The van der Waals surface area contributed by atoms with Crippen LogP contribution >= 0.6 is 0 Å². The van der Waals surface area contributed by atoms with Gasteiger partial charge in [-0.2, -0.15) is 0 Å². The Kier molecular flexibility index (Phi) is 8.99. The predicted molar refractivity (Wildman–Crippen MR) is 226 cm³/mol. The topological polar surface area (TPSA) is 25.8 Å². The highest BCUT2D eigenvalue weighted by atomic mass is 14.9. The van der Waals surface area contributed by atoms with Crippen LogP contribution in [0.15, 0.2) is 218 Å². The molecule has 0 saturated carbocycles. The first-order valence-electron chi connectivity index (χ1n) is 18.3. The van der Waals surface area contributed by atoms with E-state index in [2.05, 4.69) is 206 Å². The highest BCUT2D eigenvalue weighted by Gasteiger charge is 2.14. The van der Waals surface area contributed by atoms with Crippen molar-refractivity contribution >= 4 is 0 Å². The molecule has 9 rings (SSSR count). The molecule has 9 aromatic rings. The van der Waals surface area contributed by atoms with Crippen molar-refractivity contribution < 1.29 is 0 Å². The summed E-state index contributed by atoms with van der Waals surface area (Å²) in [4.78, 5) is 10.3. The lowest BCUT2D eigenvalue weighted by molar-refractivity contribution is 1.18. The first-order chi connectivity index (χ1) is 26.7. The fourth-order valence-electron chi connectivity index (χ4n) is 7.06. The molecule has 0 fully saturated rings. The summed E-state index contributed by atoms with van der Waals surface area (Å²) in [5, 5.41) is 0. The number of hydrogen-bond donors (Lipinski definition) is 0. The Bertz CT molecular complexity index is 2530. The minimum atomic E-state index is 0.691. The van der Waals surface area contributed by atoms with Gasteiger partial charge in [0, 0.05) is 16.7 Å². The van der Waals surface area contributed by atoms with Crippen LogP contribution in [-0.4, -0.2) is 9.97 Å². The summed E-state index contributed by atoms with van der Waals surface area (Å²) in [6.07, 6.45) is 0. The Labute approximate surface area is 316 Å². The second-order valence-corrected chi connectivity index (χ2v) is 13.4. The molecule has 54 heavy (non-hydrogen) atoms. The van der Waals surface area contributed by atoms with Gasteiger partial charge in [0.05, 0.1) is 11.4 Å². The smallest absolute Gasteiger partial charge is 0.160 e. The van der Waals surface area contributed by atoms with Crippen LogP contribution in [0.4, 0.5) is 0 Å². The zero-order valence-electron chi connectivity index (χ0n) is 29.7. The number of nitrogens with zero attached hydrogens (tertiary/aromatic N) is 2. The van der Waals surface area contributed by atoms with Gasteiger partial charge in [-0.15, -0.1) is 0 Å². The van der Waals surface area contributed by atoms with Gasteiger partial charge >= 0.3 is 0 Å². The van der Waals surface area contributed by atoms with E-state index in [-0.39, 0.29) is 0 Å². The second-order valence-electron chi connectivity index (χ2n) is 13.4. The summed E-state index contributed by atoms with van der Waals surface area (Å²) in [7, 11) is 0. The van der Waals surface area contributed by atoms with Crippen LogP contribution in [0.5, 0.6) is 0 Å². The lowest BCUT2D eigenvalue weighted by Crippen LogP contribution is -1.96. The van der Waals surface area contributed by atoms with Crippen LogP contribution in [0, 0.1) is 0 Å². The van der Waals surface area contributed by atoms with Gasteiger partial charge in [0.1, 0.15) is 0 Å². The highest BCUT2D eigenvalue weighted by molar-refractivity contribution is 5.88. The highest BCUT2D eigenvalue weighted by Crippen LogP contribution is 2.37. The molecule has 1 aromatic heterocycles. The molecule has 0 saturated heterocycles. The lowest BCUT2D eigenvalue weighted by Gasteiger charge is -2.14. The van der Waals surface area contributed by atoms with Crippen LogP contribution in [-0.2, 0) is 0 Å². The minimum Gasteiger partial charge on any atom is -0.228 e. The van der Waals surface area contributed by atoms with Crippen molar-refractivity contribution in [3.8, 4) is 89.5 Å². The lowest BCUT2D eigenvalue weighted by atomic mass is 9.91. The number of benzene rings is 8.